The van der Waals surface area contributed by atoms with Crippen LogP contribution < -0.4 is 5.32 Å². The van der Waals surface area contributed by atoms with Crippen molar-refractivity contribution < 1.29 is 14.8 Å². The molecule has 0 saturated carbocycles. The van der Waals surface area contributed by atoms with Gasteiger partial charge in [0, 0.05) is 11.6 Å². The molecule has 0 spiro atoms. The molecule has 0 heterocycles. The third kappa shape index (κ3) is 3.84. The van der Waals surface area contributed by atoms with Crippen molar-refractivity contribution in [1.82, 2.24) is 5.32 Å². The lowest BCUT2D eigenvalue weighted by atomic mass is 9.85. The first-order chi connectivity index (χ1) is 9.36. The number of rotatable bonds is 4. The number of carbonyl (C=O) groups excluding carboxylic acids is 1. The third-order valence-corrected chi connectivity index (χ3v) is 4.22. The van der Waals surface area contributed by atoms with E-state index in [1.807, 2.05) is 0 Å². The number of aliphatic hydroxyl groups is 1. The Morgan fingerprint density at radius 3 is 2.24 bits per heavy atom. The summed E-state index contributed by atoms with van der Waals surface area (Å²) >= 11 is 11.5. The topological polar surface area (TPSA) is 92.5 Å². The van der Waals surface area contributed by atoms with Gasteiger partial charge in [-0.05, 0) is 33.8 Å². The molecule has 0 aliphatic carbocycles. The van der Waals surface area contributed by atoms with Crippen LogP contribution in [-0.4, -0.2) is 27.1 Å². The van der Waals surface area contributed by atoms with Crippen LogP contribution in [0.1, 0.15) is 38.1 Å². The Balaban J connectivity index is 3.18. The van der Waals surface area contributed by atoms with Gasteiger partial charge >= 0.3 is 0 Å². The van der Waals surface area contributed by atoms with E-state index in [0.717, 1.165) is 6.07 Å². The van der Waals surface area contributed by atoms with Gasteiger partial charge in [-0.2, -0.15) is 0 Å². The highest BCUT2D eigenvalue weighted by Crippen LogP contribution is 2.33. The van der Waals surface area contributed by atoms with Gasteiger partial charge in [-0.25, -0.2) is 0 Å². The van der Waals surface area contributed by atoms with Gasteiger partial charge < -0.3 is 10.4 Å². The van der Waals surface area contributed by atoms with E-state index in [2.05, 4.69) is 5.32 Å². The zero-order chi connectivity index (χ0) is 16.6. The van der Waals surface area contributed by atoms with Gasteiger partial charge in [0.15, 0.2) is 0 Å². The SMILES string of the molecule is CC(C)(O)C(C)(C)NC(=O)c1cc(Cl)c(Cl)c([N+](=O)[O-])c1. The molecule has 0 aromatic heterocycles. The van der Waals surface area contributed by atoms with E-state index in [9.17, 15) is 20.0 Å². The molecule has 1 aromatic carbocycles. The van der Waals surface area contributed by atoms with Crippen LogP contribution in [0.25, 0.3) is 0 Å². The van der Waals surface area contributed by atoms with Gasteiger partial charge in [-0.15, -0.1) is 0 Å². The smallest absolute Gasteiger partial charge is 0.290 e. The van der Waals surface area contributed by atoms with Crippen molar-refractivity contribution in [1.29, 1.82) is 0 Å². The molecule has 21 heavy (non-hydrogen) atoms. The maximum atomic E-state index is 12.2. The summed E-state index contributed by atoms with van der Waals surface area (Å²) in [4.78, 5) is 22.4. The van der Waals surface area contributed by atoms with Gasteiger partial charge in [0.2, 0.25) is 0 Å². The first-order valence-corrected chi connectivity index (χ1v) is 6.81. The van der Waals surface area contributed by atoms with Crippen LogP contribution in [0.4, 0.5) is 5.69 Å². The van der Waals surface area contributed by atoms with E-state index >= 15 is 0 Å². The zero-order valence-corrected chi connectivity index (χ0v) is 13.5. The van der Waals surface area contributed by atoms with E-state index in [-0.39, 0.29) is 15.6 Å². The lowest BCUT2D eigenvalue weighted by Crippen LogP contribution is -2.57. The first kappa shape index (κ1) is 17.7. The molecule has 0 unspecified atom stereocenters. The molecule has 1 rings (SSSR count). The molecule has 1 aromatic rings. The summed E-state index contributed by atoms with van der Waals surface area (Å²) in [5, 5.41) is 23.2. The molecule has 0 aliphatic rings. The average molecular weight is 335 g/mol. The molecular formula is C13H16Cl2N2O4. The maximum absolute atomic E-state index is 12.2. The zero-order valence-electron chi connectivity index (χ0n) is 12.0. The van der Waals surface area contributed by atoms with Crippen molar-refractivity contribution in [2.24, 2.45) is 0 Å². The fourth-order valence-corrected chi connectivity index (χ4v) is 1.74. The number of benzene rings is 1. The van der Waals surface area contributed by atoms with Crippen LogP contribution in [0, 0.1) is 10.1 Å². The van der Waals surface area contributed by atoms with Crippen LogP contribution in [0.3, 0.4) is 0 Å². The highest BCUT2D eigenvalue weighted by molar-refractivity contribution is 6.43. The molecule has 1 amide bonds. The summed E-state index contributed by atoms with van der Waals surface area (Å²) in [7, 11) is 0. The van der Waals surface area contributed by atoms with Crippen molar-refractivity contribution >= 4 is 34.8 Å². The third-order valence-electron chi connectivity index (χ3n) is 3.42. The Kier molecular flexibility index (Phi) is 4.87. The average Bonchev–Trinajstić information content (AvgIpc) is 2.29. The molecule has 0 atom stereocenters. The molecular weight excluding hydrogens is 319 g/mol. The van der Waals surface area contributed by atoms with E-state index in [0.29, 0.717) is 0 Å². The summed E-state index contributed by atoms with van der Waals surface area (Å²) in [5.74, 6) is -0.594. The van der Waals surface area contributed by atoms with E-state index in [1.54, 1.807) is 27.7 Å². The number of hydrogen-bond donors (Lipinski definition) is 2. The van der Waals surface area contributed by atoms with Gasteiger partial charge in [-0.1, -0.05) is 23.2 Å². The fourth-order valence-electron chi connectivity index (χ4n) is 1.35. The minimum Gasteiger partial charge on any atom is -0.388 e. The Morgan fingerprint density at radius 2 is 1.81 bits per heavy atom. The molecule has 116 valence electrons. The summed E-state index contributed by atoms with van der Waals surface area (Å²) in [5.41, 5.74) is -2.60. The summed E-state index contributed by atoms with van der Waals surface area (Å²) in [6, 6.07) is 2.29. The van der Waals surface area contributed by atoms with Gasteiger partial charge in [0.25, 0.3) is 11.6 Å². The minimum absolute atomic E-state index is 0.00609. The predicted molar refractivity (Wildman–Crippen MR) is 81.0 cm³/mol. The van der Waals surface area contributed by atoms with E-state index in [1.165, 1.54) is 6.07 Å². The van der Waals surface area contributed by atoms with Crippen LogP contribution in [-0.2, 0) is 0 Å². The number of carbonyl (C=O) groups is 1. The second-order valence-corrected chi connectivity index (χ2v) is 6.47. The summed E-state index contributed by atoms with van der Waals surface area (Å²) < 4.78 is 0. The number of nitro benzene ring substituents is 1. The van der Waals surface area contributed by atoms with Crippen LogP contribution >= 0.6 is 23.2 Å². The molecule has 0 fully saturated rings. The second-order valence-electron chi connectivity index (χ2n) is 5.69. The Bertz CT molecular complexity index is 595. The first-order valence-electron chi connectivity index (χ1n) is 6.05. The van der Waals surface area contributed by atoms with Crippen molar-refractivity contribution in [3.05, 3.63) is 37.9 Å². The standard InChI is InChI=1S/C13H16Cl2N2O4/c1-12(2,13(3,4)19)16-11(18)7-5-8(14)10(15)9(6-7)17(20)21/h5-6,19H,1-4H3,(H,16,18). The minimum atomic E-state index is -1.19. The van der Waals surface area contributed by atoms with Crippen molar-refractivity contribution in [2.45, 2.75) is 38.8 Å². The van der Waals surface area contributed by atoms with E-state index in [4.69, 9.17) is 23.2 Å². The predicted octanol–water partition coefficient (Wildman–Crippen LogP) is 3.18. The normalized spacial score (nSPS) is 12.1. The molecule has 2 N–H and O–H groups in total. The van der Waals surface area contributed by atoms with Crippen LogP contribution in [0.5, 0.6) is 0 Å². The summed E-state index contributed by atoms with van der Waals surface area (Å²) in [6.45, 7) is 6.36. The largest absolute Gasteiger partial charge is 0.388 e. The van der Waals surface area contributed by atoms with Gasteiger partial charge in [-0.3, -0.25) is 14.9 Å². The summed E-state index contributed by atoms with van der Waals surface area (Å²) in [6.07, 6.45) is 0. The van der Waals surface area contributed by atoms with E-state index < -0.39 is 27.7 Å². The number of amides is 1. The number of nitro groups is 1. The fraction of sp³-hybridized carbons (Fsp3) is 0.462. The lowest BCUT2D eigenvalue weighted by molar-refractivity contribution is -0.384. The van der Waals surface area contributed by atoms with Crippen molar-refractivity contribution in [3.63, 3.8) is 0 Å². The second kappa shape index (κ2) is 5.79. The maximum Gasteiger partial charge on any atom is 0.290 e. The Morgan fingerprint density at radius 1 is 1.29 bits per heavy atom. The highest BCUT2D eigenvalue weighted by Gasteiger charge is 2.36. The molecule has 0 radical (unpaired) electrons. The molecule has 0 bridgehead atoms. The lowest BCUT2D eigenvalue weighted by Gasteiger charge is -2.38. The highest BCUT2D eigenvalue weighted by atomic mass is 35.5. The molecule has 6 nitrogen and oxygen atoms in total. The molecule has 8 heteroatoms. The molecule has 0 saturated heterocycles. The Hall–Kier alpha value is -1.37. The van der Waals surface area contributed by atoms with Crippen LogP contribution in [0.2, 0.25) is 10.0 Å². The van der Waals surface area contributed by atoms with Crippen LogP contribution in [0.15, 0.2) is 12.1 Å². The Labute approximate surface area is 132 Å². The quantitative estimate of drug-likeness (QED) is 0.653. The van der Waals surface area contributed by atoms with Gasteiger partial charge in [0.05, 0.1) is 21.1 Å². The monoisotopic (exact) mass is 334 g/mol. The number of hydrogen-bond acceptors (Lipinski definition) is 4. The number of halogens is 2. The van der Waals surface area contributed by atoms with Crippen molar-refractivity contribution in [3.8, 4) is 0 Å². The van der Waals surface area contributed by atoms with Crippen molar-refractivity contribution in [2.75, 3.05) is 0 Å². The van der Waals surface area contributed by atoms with Gasteiger partial charge in [0.1, 0.15) is 5.02 Å². The molecule has 0 aliphatic heterocycles. The number of nitrogens with zero attached hydrogens (tertiary/aromatic N) is 1. The number of nitrogens with one attached hydrogen (secondary N) is 1.